The van der Waals surface area contributed by atoms with E-state index in [1.165, 1.54) is 12.2 Å². The number of hydrogen-bond acceptors (Lipinski definition) is 6. The van der Waals surface area contributed by atoms with E-state index in [2.05, 4.69) is 38.1 Å². The molecule has 0 amide bonds. The molecule has 0 saturated heterocycles. The van der Waals surface area contributed by atoms with Crippen molar-refractivity contribution in [1.82, 2.24) is 0 Å². The van der Waals surface area contributed by atoms with E-state index in [-0.39, 0.29) is 18.7 Å². The Balaban J connectivity index is 1.43. The molecule has 0 aliphatic carbocycles. The number of ether oxygens (including phenoxy) is 4. The Morgan fingerprint density at radius 1 is 0.651 bits per heavy atom. The van der Waals surface area contributed by atoms with Gasteiger partial charge in [0, 0.05) is 23.3 Å². The summed E-state index contributed by atoms with van der Waals surface area (Å²) in [6.07, 6.45) is 12.6. The maximum Gasteiger partial charge on any atom is 0.330 e. The van der Waals surface area contributed by atoms with Crippen LogP contribution in [-0.2, 0) is 19.1 Å². The average molecular weight is 579 g/mol. The van der Waals surface area contributed by atoms with Crippen LogP contribution in [0, 0.1) is 0 Å². The Morgan fingerprint density at radius 2 is 1.12 bits per heavy atom. The van der Waals surface area contributed by atoms with Crippen molar-refractivity contribution in [1.29, 1.82) is 0 Å². The van der Waals surface area contributed by atoms with Crippen molar-refractivity contribution in [3.05, 3.63) is 83.9 Å². The van der Waals surface area contributed by atoms with Gasteiger partial charge in [0.15, 0.2) is 0 Å². The Hall–Kier alpha value is -4.58. The van der Waals surface area contributed by atoms with Crippen molar-refractivity contribution in [2.75, 3.05) is 20.0 Å². The fourth-order valence-corrected chi connectivity index (χ4v) is 5.25. The van der Waals surface area contributed by atoms with Crippen LogP contribution in [0.1, 0.15) is 63.5 Å². The number of benzene rings is 4. The molecular formula is C37H38O6. The zero-order valence-electron chi connectivity index (χ0n) is 24.9. The minimum Gasteiger partial charge on any atom is -0.463 e. The normalized spacial score (nSPS) is 12.5. The minimum atomic E-state index is -0.331. The number of rotatable bonds is 12. The van der Waals surface area contributed by atoms with Gasteiger partial charge in [-0.1, -0.05) is 75.9 Å². The molecule has 1 aliphatic heterocycles. The van der Waals surface area contributed by atoms with Gasteiger partial charge in [-0.3, -0.25) is 0 Å². The number of unbranched alkanes of at least 4 members (excludes halogenated alkanes) is 4. The topological polar surface area (TPSA) is 71.1 Å². The van der Waals surface area contributed by atoms with Gasteiger partial charge in [-0.05, 0) is 81.9 Å². The lowest BCUT2D eigenvalue weighted by molar-refractivity contribution is -0.138. The number of carbonyl (C=O) groups excluding carboxylic acids is 2. The third-order valence-corrected chi connectivity index (χ3v) is 7.50. The molecule has 0 spiro atoms. The summed E-state index contributed by atoms with van der Waals surface area (Å²) in [5.41, 5.74) is 3.73. The van der Waals surface area contributed by atoms with E-state index in [0.29, 0.717) is 13.2 Å². The third-order valence-electron chi connectivity index (χ3n) is 7.50. The highest BCUT2D eigenvalue weighted by Gasteiger charge is 2.22. The van der Waals surface area contributed by atoms with E-state index in [1.807, 2.05) is 36.4 Å². The fourth-order valence-electron chi connectivity index (χ4n) is 5.25. The molecule has 6 heteroatoms. The van der Waals surface area contributed by atoms with E-state index in [0.717, 1.165) is 93.8 Å². The van der Waals surface area contributed by atoms with Crippen LogP contribution in [0.25, 0.3) is 44.8 Å². The quantitative estimate of drug-likeness (QED) is 0.0950. The SMILES string of the molecule is CCCCCOC(=O)C=Cc1ccc2c3c(ccc2c1)OCOc1ccc2cc(C=CC(=O)OCCCCC)ccc2c1-3. The highest BCUT2D eigenvalue weighted by Crippen LogP contribution is 2.47. The fraction of sp³-hybridized carbons (Fsp3) is 0.297. The molecule has 0 unspecified atom stereocenters. The van der Waals surface area contributed by atoms with Crippen molar-refractivity contribution in [2.24, 2.45) is 0 Å². The van der Waals surface area contributed by atoms with Crippen molar-refractivity contribution in [2.45, 2.75) is 52.4 Å². The number of esters is 2. The summed E-state index contributed by atoms with van der Waals surface area (Å²) in [5.74, 6) is 0.823. The van der Waals surface area contributed by atoms with Gasteiger partial charge < -0.3 is 18.9 Å². The monoisotopic (exact) mass is 578 g/mol. The molecule has 0 radical (unpaired) electrons. The number of hydrogen-bond donors (Lipinski definition) is 0. The van der Waals surface area contributed by atoms with Crippen LogP contribution in [-0.4, -0.2) is 31.9 Å². The van der Waals surface area contributed by atoms with Gasteiger partial charge in [-0.15, -0.1) is 0 Å². The molecule has 6 nitrogen and oxygen atoms in total. The van der Waals surface area contributed by atoms with Gasteiger partial charge in [-0.25, -0.2) is 9.59 Å². The van der Waals surface area contributed by atoms with E-state index < -0.39 is 0 Å². The van der Waals surface area contributed by atoms with Crippen molar-refractivity contribution >= 4 is 45.6 Å². The predicted octanol–water partition coefficient (Wildman–Crippen LogP) is 8.88. The first-order valence-electron chi connectivity index (χ1n) is 15.2. The zero-order chi connectivity index (χ0) is 30.0. The molecule has 4 aromatic carbocycles. The van der Waals surface area contributed by atoms with Crippen LogP contribution in [0.3, 0.4) is 0 Å². The molecule has 1 aliphatic rings. The van der Waals surface area contributed by atoms with Gasteiger partial charge >= 0.3 is 11.9 Å². The summed E-state index contributed by atoms with van der Waals surface area (Å²) in [4.78, 5) is 24.3. The minimum absolute atomic E-state index is 0.111. The van der Waals surface area contributed by atoms with Crippen LogP contribution >= 0.6 is 0 Å². The van der Waals surface area contributed by atoms with Crippen LogP contribution in [0.4, 0.5) is 0 Å². The molecule has 222 valence electrons. The Bertz CT molecular complexity index is 1540. The standard InChI is InChI=1S/C37H38O6/c1-3-5-7-21-40-34(38)19-11-26-9-15-30-28(23-26)13-17-32-36(30)37-31-16-10-27(12-20-35(39)41-22-8-6-4-2)24-29(31)14-18-33(37)43-25-42-32/h9-20,23-24H,3-8,21-22,25H2,1-2H3. The summed E-state index contributed by atoms with van der Waals surface area (Å²) in [7, 11) is 0. The van der Waals surface area contributed by atoms with Crippen LogP contribution < -0.4 is 9.47 Å². The number of fused-ring (bicyclic) bond motifs is 7. The average Bonchev–Trinajstić information content (AvgIpc) is 3.22. The van der Waals surface area contributed by atoms with Gasteiger partial charge in [-0.2, -0.15) is 0 Å². The smallest absolute Gasteiger partial charge is 0.330 e. The van der Waals surface area contributed by atoms with E-state index in [9.17, 15) is 9.59 Å². The summed E-state index contributed by atoms with van der Waals surface area (Å²) in [6, 6.07) is 20.2. The van der Waals surface area contributed by atoms with Crippen molar-refractivity contribution in [3.63, 3.8) is 0 Å². The van der Waals surface area contributed by atoms with E-state index in [1.54, 1.807) is 12.2 Å². The Morgan fingerprint density at radius 3 is 1.56 bits per heavy atom. The molecule has 43 heavy (non-hydrogen) atoms. The van der Waals surface area contributed by atoms with Crippen molar-refractivity contribution < 1.29 is 28.5 Å². The molecule has 0 saturated carbocycles. The zero-order valence-corrected chi connectivity index (χ0v) is 24.9. The molecule has 1 heterocycles. The van der Waals surface area contributed by atoms with Gasteiger partial charge in [0.05, 0.1) is 13.2 Å². The molecule has 0 N–H and O–H groups in total. The summed E-state index contributed by atoms with van der Waals surface area (Å²) >= 11 is 0. The lowest BCUT2D eigenvalue weighted by Gasteiger charge is -2.14. The van der Waals surface area contributed by atoms with Crippen LogP contribution in [0.2, 0.25) is 0 Å². The van der Waals surface area contributed by atoms with Crippen LogP contribution in [0.5, 0.6) is 11.5 Å². The molecule has 4 aromatic rings. The van der Waals surface area contributed by atoms with E-state index >= 15 is 0 Å². The van der Waals surface area contributed by atoms with Crippen LogP contribution in [0.15, 0.2) is 72.8 Å². The molecule has 0 bridgehead atoms. The predicted molar refractivity (Wildman–Crippen MR) is 172 cm³/mol. The highest BCUT2D eigenvalue weighted by molar-refractivity contribution is 6.10. The second-order valence-electron chi connectivity index (χ2n) is 10.7. The maximum absolute atomic E-state index is 12.1. The first kappa shape index (κ1) is 29.9. The molecule has 0 aromatic heterocycles. The first-order chi connectivity index (χ1) is 21.1. The largest absolute Gasteiger partial charge is 0.463 e. The van der Waals surface area contributed by atoms with Crippen molar-refractivity contribution in [3.8, 4) is 22.6 Å². The second kappa shape index (κ2) is 14.5. The second-order valence-corrected chi connectivity index (χ2v) is 10.7. The lowest BCUT2D eigenvalue weighted by atomic mass is 9.91. The summed E-state index contributed by atoms with van der Waals surface area (Å²) in [6.45, 7) is 5.23. The lowest BCUT2D eigenvalue weighted by Crippen LogP contribution is -2.03. The van der Waals surface area contributed by atoms with Gasteiger partial charge in [0.2, 0.25) is 6.79 Å². The maximum atomic E-state index is 12.1. The molecular weight excluding hydrogens is 540 g/mol. The van der Waals surface area contributed by atoms with Gasteiger partial charge in [0.25, 0.3) is 0 Å². The van der Waals surface area contributed by atoms with Gasteiger partial charge in [0.1, 0.15) is 11.5 Å². The number of carbonyl (C=O) groups is 2. The molecule has 5 rings (SSSR count). The first-order valence-corrected chi connectivity index (χ1v) is 15.2. The van der Waals surface area contributed by atoms with E-state index in [4.69, 9.17) is 18.9 Å². The summed E-state index contributed by atoms with van der Waals surface area (Å²) < 4.78 is 22.7. The third kappa shape index (κ3) is 7.44. The highest BCUT2D eigenvalue weighted by atomic mass is 16.7. The molecule has 0 fully saturated rings. The summed E-state index contributed by atoms with van der Waals surface area (Å²) in [5, 5.41) is 4.07. The Labute approximate surface area is 252 Å². The Kier molecular flexibility index (Phi) is 10.1. The molecule has 0 atom stereocenters.